The summed E-state index contributed by atoms with van der Waals surface area (Å²) in [5.41, 5.74) is 2.43. The number of hydrogen-bond donors (Lipinski definition) is 1. The predicted molar refractivity (Wildman–Crippen MR) is 80.6 cm³/mol. The van der Waals surface area contributed by atoms with Gasteiger partial charge in [-0.25, -0.2) is 4.98 Å². The lowest BCUT2D eigenvalue weighted by molar-refractivity contribution is 0.104. The minimum atomic E-state index is -0.0156. The number of aromatic nitrogens is 2. The van der Waals surface area contributed by atoms with Crippen LogP contribution < -0.4 is 0 Å². The fourth-order valence-corrected chi connectivity index (χ4v) is 2.13. The molecule has 0 saturated heterocycles. The van der Waals surface area contributed by atoms with Gasteiger partial charge in [0.05, 0.1) is 12.0 Å². The molecule has 0 unspecified atom stereocenters. The molecule has 0 aliphatic carbocycles. The molecule has 0 aliphatic rings. The van der Waals surface area contributed by atoms with Gasteiger partial charge in [0.15, 0.2) is 5.78 Å². The van der Waals surface area contributed by atoms with Crippen LogP contribution in [0.25, 0.3) is 16.8 Å². The number of hydrogen-bond acceptors (Lipinski definition) is 2. The number of H-pyrrole nitrogens is 1. The molecule has 3 heteroatoms. The minimum absolute atomic E-state index is 0.0156. The molecule has 0 atom stereocenters. The Morgan fingerprint density at radius 2 is 1.95 bits per heavy atom. The molecule has 0 aliphatic heterocycles. The van der Waals surface area contributed by atoms with Crippen molar-refractivity contribution in [2.24, 2.45) is 0 Å². The van der Waals surface area contributed by atoms with Crippen LogP contribution in [0.15, 0.2) is 54.9 Å². The summed E-state index contributed by atoms with van der Waals surface area (Å²) in [6.45, 7) is 1.92. The standard InChI is InChI=1S/C17H14N2O/c1-12-16(19-11-18-12)8-9-17(20)15-7-6-13-4-2-3-5-14(13)10-15/h2-11H,1H3,(H,18,19)/b9-8+. The number of aryl methyl sites for hydroxylation is 1. The minimum Gasteiger partial charge on any atom is -0.348 e. The molecule has 20 heavy (non-hydrogen) atoms. The second-order valence-corrected chi connectivity index (χ2v) is 4.67. The summed E-state index contributed by atoms with van der Waals surface area (Å²) in [5.74, 6) is -0.0156. The molecule has 1 N–H and O–H groups in total. The highest BCUT2D eigenvalue weighted by Crippen LogP contribution is 2.16. The van der Waals surface area contributed by atoms with Crippen molar-refractivity contribution < 1.29 is 4.79 Å². The van der Waals surface area contributed by atoms with Crippen molar-refractivity contribution in [3.63, 3.8) is 0 Å². The van der Waals surface area contributed by atoms with Gasteiger partial charge in [-0.15, -0.1) is 0 Å². The Bertz CT molecular complexity index is 799. The number of aromatic amines is 1. The molecule has 98 valence electrons. The van der Waals surface area contributed by atoms with Crippen LogP contribution in [0.5, 0.6) is 0 Å². The van der Waals surface area contributed by atoms with Gasteiger partial charge in [-0.3, -0.25) is 4.79 Å². The Balaban J connectivity index is 1.89. The van der Waals surface area contributed by atoms with Crippen molar-refractivity contribution in [1.82, 2.24) is 9.97 Å². The maximum Gasteiger partial charge on any atom is 0.185 e. The van der Waals surface area contributed by atoms with Crippen LogP contribution in [0.4, 0.5) is 0 Å². The monoisotopic (exact) mass is 262 g/mol. The van der Waals surface area contributed by atoms with Gasteiger partial charge in [-0.2, -0.15) is 0 Å². The molecule has 3 nitrogen and oxygen atoms in total. The fraction of sp³-hybridized carbons (Fsp3) is 0.0588. The first-order valence-electron chi connectivity index (χ1n) is 6.45. The third-order valence-electron chi connectivity index (χ3n) is 3.30. The summed E-state index contributed by atoms with van der Waals surface area (Å²) in [7, 11) is 0. The SMILES string of the molecule is Cc1[nH]cnc1/C=C/C(=O)c1ccc2ccccc2c1. The largest absolute Gasteiger partial charge is 0.348 e. The smallest absolute Gasteiger partial charge is 0.185 e. The first kappa shape index (κ1) is 12.4. The predicted octanol–water partition coefficient (Wildman–Crippen LogP) is 3.77. The van der Waals surface area contributed by atoms with E-state index in [1.807, 2.05) is 49.4 Å². The van der Waals surface area contributed by atoms with Gasteiger partial charge < -0.3 is 4.98 Å². The van der Waals surface area contributed by atoms with Crippen LogP contribution in [-0.4, -0.2) is 15.8 Å². The van der Waals surface area contributed by atoms with E-state index >= 15 is 0 Å². The Morgan fingerprint density at radius 1 is 1.15 bits per heavy atom. The highest BCUT2D eigenvalue weighted by Gasteiger charge is 2.04. The van der Waals surface area contributed by atoms with E-state index in [0.29, 0.717) is 5.56 Å². The van der Waals surface area contributed by atoms with E-state index in [9.17, 15) is 4.79 Å². The Kier molecular flexibility index (Phi) is 3.17. The molecular weight excluding hydrogens is 248 g/mol. The van der Waals surface area contributed by atoms with Crippen LogP contribution >= 0.6 is 0 Å². The molecule has 0 amide bonds. The second-order valence-electron chi connectivity index (χ2n) is 4.67. The lowest BCUT2D eigenvalue weighted by Crippen LogP contribution is -1.94. The molecule has 0 bridgehead atoms. The quantitative estimate of drug-likeness (QED) is 0.577. The normalized spacial score (nSPS) is 11.2. The first-order chi connectivity index (χ1) is 9.74. The molecular formula is C17H14N2O. The van der Waals surface area contributed by atoms with Crippen molar-refractivity contribution in [2.45, 2.75) is 6.92 Å². The van der Waals surface area contributed by atoms with Gasteiger partial charge in [0, 0.05) is 11.3 Å². The summed E-state index contributed by atoms with van der Waals surface area (Å²) in [6.07, 6.45) is 4.92. The average molecular weight is 262 g/mol. The second kappa shape index (κ2) is 5.13. The van der Waals surface area contributed by atoms with E-state index in [4.69, 9.17) is 0 Å². The number of nitrogens with one attached hydrogen (secondary N) is 1. The number of rotatable bonds is 3. The molecule has 0 saturated carbocycles. The van der Waals surface area contributed by atoms with Crippen LogP contribution in [-0.2, 0) is 0 Å². The average Bonchev–Trinajstić information content (AvgIpc) is 2.89. The van der Waals surface area contributed by atoms with Crippen molar-refractivity contribution in [2.75, 3.05) is 0 Å². The van der Waals surface area contributed by atoms with Crippen LogP contribution in [0.2, 0.25) is 0 Å². The maximum atomic E-state index is 12.2. The van der Waals surface area contributed by atoms with Gasteiger partial charge in [0.25, 0.3) is 0 Å². The van der Waals surface area contributed by atoms with Crippen molar-refractivity contribution >= 4 is 22.6 Å². The molecule has 3 aromatic rings. The Morgan fingerprint density at radius 3 is 2.70 bits per heavy atom. The van der Waals surface area contributed by atoms with E-state index in [-0.39, 0.29) is 5.78 Å². The van der Waals surface area contributed by atoms with Gasteiger partial charge in [0.2, 0.25) is 0 Å². The van der Waals surface area contributed by atoms with E-state index in [2.05, 4.69) is 9.97 Å². The lowest BCUT2D eigenvalue weighted by atomic mass is 10.0. The third-order valence-corrected chi connectivity index (χ3v) is 3.30. The number of carbonyl (C=O) groups is 1. The summed E-state index contributed by atoms with van der Waals surface area (Å²) >= 11 is 0. The zero-order valence-corrected chi connectivity index (χ0v) is 11.1. The molecule has 2 aromatic carbocycles. The van der Waals surface area contributed by atoms with E-state index in [1.165, 1.54) is 0 Å². The zero-order valence-electron chi connectivity index (χ0n) is 11.1. The molecule has 1 heterocycles. The Labute approximate surface area is 117 Å². The summed E-state index contributed by atoms with van der Waals surface area (Å²) in [4.78, 5) is 19.3. The zero-order chi connectivity index (χ0) is 13.9. The topological polar surface area (TPSA) is 45.8 Å². The van der Waals surface area contributed by atoms with Crippen molar-refractivity contribution in [1.29, 1.82) is 0 Å². The number of benzene rings is 2. The van der Waals surface area contributed by atoms with Crippen LogP contribution in [0, 0.1) is 6.92 Å². The van der Waals surface area contributed by atoms with Crippen LogP contribution in [0.1, 0.15) is 21.7 Å². The van der Waals surface area contributed by atoms with Crippen molar-refractivity contribution in [3.05, 3.63) is 71.8 Å². The number of carbonyl (C=O) groups excluding carboxylic acids is 1. The lowest BCUT2D eigenvalue weighted by Gasteiger charge is -2.00. The number of nitrogens with zero attached hydrogens (tertiary/aromatic N) is 1. The van der Waals surface area contributed by atoms with Gasteiger partial charge >= 0.3 is 0 Å². The number of imidazole rings is 1. The molecule has 0 spiro atoms. The molecule has 1 aromatic heterocycles. The first-order valence-corrected chi connectivity index (χ1v) is 6.45. The third kappa shape index (κ3) is 2.38. The van der Waals surface area contributed by atoms with E-state index < -0.39 is 0 Å². The van der Waals surface area contributed by atoms with Gasteiger partial charge in [-0.1, -0.05) is 36.4 Å². The fourth-order valence-electron chi connectivity index (χ4n) is 2.13. The highest BCUT2D eigenvalue weighted by molar-refractivity contribution is 6.08. The molecule has 3 rings (SSSR count). The summed E-state index contributed by atoms with van der Waals surface area (Å²) in [5, 5.41) is 2.21. The van der Waals surface area contributed by atoms with Gasteiger partial charge in [0.1, 0.15) is 0 Å². The molecule has 0 fully saturated rings. The number of fused-ring (bicyclic) bond motifs is 1. The van der Waals surface area contributed by atoms with Crippen molar-refractivity contribution in [3.8, 4) is 0 Å². The summed E-state index contributed by atoms with van der Waals surface area (Å²) in [6, 6.07) is 13.7. The van der Waals surface area contributed by atoms with Gasteiger partial charge in [-0.05, 0) is 35.9 Å². The maximum absolute atomic E-state index is 12.2. The van der Waals surface area contributed by atoms with E-state index in [1.54, 1.807) is 18.5 Å². The highest BCUT2D eigenvalue weighted by atomic mass is 16.1. The summed E-state index contributed by atoms with van der Waals surface area (Å²) < 4.78 is 0. The number of allylic oxidation sites excluding steroid dienone is 1. The Hall–Kier alpha value is -2.68. The van der Waals surface area contributed by atoms with E-state index in [0.717, 1.165) is 22.2 Å². The number of ketones is 1. The van der Waals surface area contributed by atoms with Crippen LogP contribution in [0.3, 0.4) is 0 Å². The molecule has 0 radical (unpaired) electrons.